The highest BCUT2D eigenvalue weighted by Gasteiger charge is 2.11. The molecule has 2 aromatic heterocycles. The fraction of sp³-hybridized carbons (Fsp3) is 0.176. The van der Waals surface area contributed by atoms with Gasteiger partial charge in [0.1, 0.15) is 6.54 Å². The van der Waals surface area contributed by atoms with Gasteiger partial charge in [-0.3, -0.25) is 9.36 Å². The van der Waals surface area contributed by atoms with Crippen molar-refractivity contribution in [3.63, 3.8) is 0 Å². The molecule has 0 aliphatic heterocycles. The molecule has 2 heterocycles. The number of nitrogens with zero attached hydrogens (tertiary/aromatic N) is 3. The molecule has 0 spiro atoms. The van der Waals surface area contributed by atoms with Crippen molar-refractivity contribution in [1.29, 1.82) is 0 Å². The van der Waals surface area contributed by atoms with E-state index in [1.54, 1.807) is 18.2 Å². The van der Waals surface area contributed by atoms with E-state index < -0.39 is 5.69 Å². The Morgan fingerprint density at radius 1 is 1.24 bits per heavy atom. The summed E-state index contributed by atoms with van der Waals surface area (Å²) >= 11 is 5.84. The zero-order chi connectivity index (χ0) is 17.8. The van der Waals surface area contributed by atoms with Gasteiger partial charge in [-0.2, -0.15) is 4.98 Å². The lowest BCUT2D eigenvalue weighted by Gasteiger charge is -2.02. The number of aromatic nitrogens is 4. The highest BCUT2D eigenvalue weighted by atomic mass is 35.5. The number of rotatable bonds is 5. The third kappa shape index (κ3) is 3.95. The average molecular weight is 359 g/mol. The topological polar surface area (TPSA) is 93.8 Å². The van der Waals surface area contributed by atoms with Crippen LogP contribution < -0.4 is 11.2 Å². The van der Waals surface area contributed by atoms with Crippen LogP contribution in [0.4, 0.5) is 0 Å². The van der Waals surface area contributed by atoms with E-state index in [9.17, 15) is 9.59 Å². The SMILES string of the molecule is CCc1c[nH]c(=O)n(Cc2nc(/C=C/c3ccc(Cl)cc3)no2)c1=O. The van der Waals surface area contributed by atoms with Gasteiger partial charge in [0.2, 0.25) is 5.89 Å². The molecule has 7 nitrogen and oxygen atoms in total. The molecule has 1 N–H and O–H groups in total. The molecule has 0 fully saturated rings. The molecular weight excluding hydrogens is 344 g/mol. The molecule has 0 saturated heterocycles. The zero-order valence-corrected chi connectivity index (χ0v) is 14.2. The molecule has 128 valence electrons. The molecule has 0 aliphatic rings. The maximum Gasteiger partial charge on any atom is 0.328 e. The highest BCUT2D eigenvalue weighted by molar-refractivity contribution is 6.30. The van der Waals surface area contributed by atoms with E-state index in [1.165, 1.54) is 6.20 Å². The first-order valence-electron chi connectivity index (χ1n) is 7.64. The van der Waals surface area contributed by atoms with Crippen LogP contribution in [0.25, 0.3) is 12.2 Å². The Morgan fingerprint density at radius 2 is 2.00 bits per heavy atom. The molecule has 0 bridgehead atoms. The summed E-state index contributed by atoms with van der Waals surface area (Å²) in [4.78, 5) is 30.8. The summed E-state index contributed by atoms with van der Waals surface area (Å²) in [6.07, 6.45) is 5.43. The lowest BCUT2D eigenvalue weighted by atomic mass is 10.2. The van der Waals surface area contributed by atoms with E-state index >= 15 is 0 Å². The maximum atomic E-state index is 12.2. The number of hydrogen-bond donors (Lipinski definition) is 1. The Labute approximate surface area is 147 Å². The van der Waals surface area contributed by atoms with Gasteiger partial charge in [-0.15, -0.1) is 0 Å². The predicted octanol–water partition coefficient (Wildman–Crippen LogP) is 2.35. The lowest BCUT2D eigenvalue weighted by Crippen LogP contribution is -2.37. The predicted molar refractivity (Wildman–Crippen MR) is 94.5 cm³/mol. The van der Waals surface area contributed by atoms with Gasteiger partial charge in [-0.1, -0.05) is 41.9 Å². The molecule has 0 atom stereocenters. The molecule has 0 radical (unpaired) electrons. The van der Waals surface area contributed by atoms with Crippen molar-refractivity contribution in [1.82, 2.24) is 19.7 Å². The van der Waals surface area contributed by atoms with Crippen molar-refractivity contribution in [2.45, 2.75) is 19.9 Å². The van der Waals surface area contributed by atoms with Gasteiger partial charge in [-0.05, 0) is 30.2 Å². The number of benzene rings is 1. The van der Waals surface area contributed by atoms with Crippen LogP contribution in [0.1, 0.15) is 29.8 Å². The van der Waals surface area contributed by atoms with Crippen LogP contribution in [0, 0.1) is 0 Å². The first-order valence-corrected chi connectivity index (χ1v) is 8.02. The van der Waals surface area contributed by atoms with Crippen LogP contribution >= 0.6 is 11.6 Å². The number of H-pyrrole nitrogens is 1. The smallest absolute Gasteiger partial charge is 0.328 e. The second-order valence-corrected chi connectivity index (χ2v) is 5.73. The standard InChI is InChI=1S/C17H15ClN4O3/c1-2-12-9-19-17(24)22(16(12)23)10-15-20-14(21-25-15)8-5-11-3-6-13(18)7-4-11/h3-9H,2,10H2,1H3,(H,19,24)/b8-5+. The molecule has 1 aromatic carbocycles. The Bertz CT molecular complexity index is 1020. The summed E-state index contributed by atoms with van der Waals surface area (Å²) in [7, 11) is 0. The Balaban J connectivity index is 1.80. The first-order chi connectivity index (χ1) is 12.1. The molecule has 3 rings (SSSR count). The molecular formula is C17H15ClN4O3. The molecule has 25 heavy (non-hydrogen) atoms. The van der Waals surface area contributed by atoms with Crippen molar-refractivity contribution < 1.29 is 4.52 Å². The van der Waals surface area contributed by atoms with E-state index in [0.717, 1.165) is 10.1 Å². The fourth-order valence-electron chi connectivity index (χ4n) is 2.23. The third-order valence-corrected chi connectivity index (χ3v) is 3.84. The second kappa shape index (κ2) is 7.31. The van der Waals surface area contributed by atoms with Crippen LogP contribution in [0.15, 0.2) is 44.6 Å². The molecule has 8 heteroatoms. The summed E-state index contributed by atoms with van der Waals surface area (Å²) in [5.41, 5.74) is 0.572. The number of hydrogen-bond acceptors (Lipinski definition) is 5. The fourth-order valence-corrected chi connectivity index (χ4v) is 2.36. The highest BCUT2D eigenvalue weighted by Crippen LogP contribution is 2.12. The minimum Gasteiger partial charge on any atom is -0.337 e. The largest absolute Gasteiger partial charge is 0.337 e. The molecule has 0 saturated carbocycles. The monoisotopic (exact) mass is 358 g/mol. The van der Waals surface area contributed by atoms with Crippen molar-refractivity contribution in [2.75, 3.05) is 0 Å². The van der Waals surface area contributed by atoms with Crippen molar-refractivity contribution in [3.8, 4) is 0 Å². The Kier molecular flexibility index (Phi) is 4.95. The molecule has 0 unspecified atom stereocenters. The third-order valence-electron chi connectivity index (χ3n) is 3.59. The lowest BCUT2D eigenvalue weighted by molar-refractivity contribution is 0.365. The molecule has 3 aromatic rings. The minimum atomic E-state index is -0.515. The quantitative estimate of drug-likeness (QED) is 0.755. The van der Waals surface area contributed by atoms with Crippen LogP contribution in [0.5, 0.6) is 0 Å². The summed E-state index contributed by atoms with van der Waals surface area (Å²) in [6.45, 7) is 1.76. The van der Waals surface area contributed by atoms with Crippen molar-refractivity contribution >= 4 is 23.8 Å². The van der Waals surface area contributed by atoms with E-state index in [4.69, 9.17) is 16.1 Å². The van der Waals surface area contributed by atoms with Crippen molar-refractivity contribution in [3.05, 3.63) is 79.2 Å². The van der Waals surface area contributed by atoms with Gasteiger partial charge in [-0.25, -0.2) is 4.79 Å². The van der Waals surface area contributed by atoms with Crippen LogP contribution in [0.2, 0.25) is 5.02 Å². The zero-order valence-electron chi connectivity index (χ0n) is 13.4. The summed E-state index contributed by atoms with van der Waals surface area (Å²) in [5.74, 6) is 0.526. The molecule has 0 amide bonds. The minimum absolute atomic E-state index is 0.0796. The Morgan fingerprint density at radius 3 is 2.72 bits per heavy atom. The van der Waals surface area contributed by atoms with E-state index in [2.05, 4.69) is 15.1 Å². The van der Waals surface area contributed by atoms with E-state index in [-0.39, 0.29) is 18.0 Å². The van der Waals surface area contributed by atoms with Crippen LogP contribution in [-0.4, -0.2) is 19.7 Å². The summed E-state index contributed by atoms with van der Waals surface area (Å²) in [5, 5.41) is 4.48. The van der Waals surface area contributed by atoms with Gasteiger partial charge >= 0.3 is 5.69 Å². The van der Waals surface area contributed by atoms with Gasteiger partial charge in [0.05, 0.1) is 0 Å². The summed E-state index contributed by atoms with van der Waals surface area (Å²) < 4.78 is 6.15. The van der Waals surface area contributed by atoms with E-state index in [1.807, 2.05) is 25.1 Å². The van der Waals surface area contributed by atoms with Gasteiger partial charge in [0.25, 0.3) is 5.56 Å². The average Bonchev–Trinajstić information content (AvgIpc) is 3.06. The number of aromatic amines is 1. The number of aryl methyl sites for hydroxylation is 1. The van der Waals surface area contributed by atoms with Gasteiger partial charge in [0, 0.05) is 16.8 Å². The van der Waals surface area contributed by atoms with Crippen molar-refractivity contribution in [2.24, 2.45) is 0 Å². The number of nitrogens with one attached hydrogen (secondary N) is 1. The Hall–Kier alpha value is -2.93. The molecule has 0 aliphatic carbocycles. The number of halogens is 1. The normalized spacial score (nSPS) is 11.3. The van der Waals surface area contributed by atoms with Crippen LogP contribution in [-0.2, 0) is 13.0 Å². The van der Waals surface area contributed by atoms with Gasteiger partial charge in [0.15, 0.2) is 5.82 Å². The van der Waals surface area contributed by atoms with E-state index in [0.29, 0.717) is 22.8 Å². The second-order valence-electron chi connectivity index (χ2n) is 5.30. The first kappa shape index (κ1) is 16.9. The van der Waals surface area contributed by atoms with Crippen LogP contribution in [0.3, 0.4) is 0 Å². The van der Waals surface area contributed by atoms with Gasteiger partial charge < -0.3 is 9.51 Å². The maximum absolute atomic E-state index is 12.2. The summed E-state index contributed by atoms with van der Waals surface area (Å²) in [6, 6.07) is 7.27.